The molecule has 0 radical (unpaired) electrons. The van der Waals surface area contributed by atoms with Crippen molar-refractivity contribution >= 4 is 0 Å². The standard InChI is InChI=1S/C12H20N2/c1-10-6-5-7-11(14-10)8-13-9-12(2,3)4/h5-7,13H,8-9H2,1-4H3. The molecule has 0 saturated heterocycles. The summed E-state index contributed by atoms with van der Waals surface area (Å²) >= 11 is 0. The minimum atomic E-state index is 0.337. The van der Waals surface area contributed by atoms with Gasteiger partial charge in [0.05, 0.1) is 5.69 Å². The molecule has 0 amide bonds. The Labute approximate surface area is 86.8 Å². The van der Waals surface area contributed by atoms with Crippen LogP contribution in [-0.2, 0) is 6.54 Å². The molecule has 1 rings (SSSR count). The van der Waals surface area contributed by atoms with Gasteiger partial charge in [-0.25, -0.2) is 0 Å². The third-order valence-corrected chi connectivity index (χ3v) is 1.91. The van der Waals surface area contributed by atoms with E-state index >= 15 is 0 Å². The van der Waals surface area contributed by atoms with Gasteiger partial charge >= 0.3 is 0 Å². The molecule has 0 bridgehead atoms. The third kappa shape index (κ3) is 4.38. The minimum Gasteiger partial charge on any atom is -0.311 e. The molecule has 0 aliphatic rings. The van der Waals surface area contributed by atoms with Crippen molar-refractivity contribution < 1.29 is 0 Å². The van der Waals surface area contributed by atoms with Crippen molar-refractivity contribution in [2.75, 3.05) is 6.54 Å². The normalized spacial score (nSPS) is 11.7. The summed E-state index contributed by atoms with van der Waals surface area (Å²) in [6, 6.07) is 6.13. The summed E-state index contributed by atoms with van der Waals surface area (Å²) < 4.78 is 0. The van der Waals surface area contributed by atoms with Crippen LogP contribution in [0.5, 0.6) is 0 Å². The molecule has 2 nitrogen and oxygen atoms in total. The predicted octanol–water partition coefficient (Wildman–Crippen LogP) is 2.53. The predicted molar refractivity (Wildman–Crippen MR) is 60.1 cm³/mol. The van der Waals surface area contributed by atoms with Crippen LogP contribution in [0.2, 0.25) is 0 Å². The fraction of sp³-hybridized carbons (Fsp3) is 0.583. The van der Waals surface area contributed by atoms with Gasteiger partial charge in [-0.15, -0.1) is 0 Å². The van der Waals surface area contributed by atoms with Gasteiger partial charge in [0.25, 0.3) is 0 Å². The Morgan fingerprint density at radius 2 is 2.00 bits per heavy atom. The van der Waals surface area contributed by atoms with Crippen LogP contribution in [0.25, 0.3) is 0 Å². The highest BCUT2D eigenvalue weighted by Gasteiger charge is 2.08. The fourth-order valence-corrected chi connectivity index (χ4v) is 1.26. The maximum Gasteiger partial charge on any atom is 0.0544 e. The summed E-state index contributed by atoms with van der Waals surface area (Å²) in [5.74, 6) is 0. The number of hydrogen-bond acceptors (Lipinski definition) is 2. The number of aromatic nitrogens is 1. The van der Waals surface area contributed by atoms with E-state index in [1.54, 1.807) is 0 Å². The van der Waals surface area contributed by atoms with Crippen LogP contribution in [0, 0.1) is 12.3 Å². The van der Waals surface area contributed by atoms with Crippen LogP contribution in [0.3, 0.4) is 0 Å². The zero-order chi connectivity index (χ0) is 10.6. The first kappa shape index (κ1) is 11.2. The quantitative estimate of drug-likeness (QED) is 0.796. The van der Waals surface area contributed by atoms with E-state index in [-0.39, 0.29) is 0 Å². The summed E-state index contributed by atoms with van der Waals surface area (Å²) in [5.41, 5.74) is 2.54. The molecular formula is C12H20N2. The van der Waals surface area contributed by atoms with Crippen LogP contribution in [-0.4, -0.2) is 11.5 Å². The van der Waals surface area contributed by atoms with E-state index in [9.17, 15) is 0 Å². The molecule has 1 aromatic heterocycles. The number of pyridine rings is 1. The Balaban J connectivity index is 2.39. The van der Waals surface area contributed by atoms with Gasteiger partial charge in [0.2, 0.25) is 0 Å². The van der Waals surface area contributed by atoms with Crippen molar-refractivity contribution in [1.82, 2.24) is 10.3 Å². The summed E-state index contributed by atoms with van der Waals surface area (Å²) in [7, 11) is 0. The van der Waals surface area contributed by atoms with Crippen molar-refractivity contribution in [2.45, 2.75) is 34.2 Å². The van der Waals surface area contributed by atoms with Crippen molar-refractivity contribution in [2.24, 2.45) is 5.41 Å². The second-order valence-corrected chi connectivity index (χ2v) is 4.93. The third-order valence-electron chi connectivity index (χ3n) is 1.91. The van der Waals surface area contributed by atoms with Crippen LogP contribution in [0.4, 0.5) is 0 Å². The van der Waals surface area contributed by atoms with E-state index in [1.165, 1.54) is 0 Å². The number of aryl methyl sites for hydroxylation is 1. The van der Waals surface area contributed by atoms with Gasteiger partial charge in [0.15, 0.2) is 0 Å². The van der Waals surface area contributed by atoms with E-state index < -0.39 is 0 Å². The summed E-state index contributed by atoms with van der Waals surface area (Å²) in [5, 5.41) is 3.41. The van der Waals surface area contributed by atoms with E-state index in [4.69, 9.17) is 0 Å². The molecule has 0 aliphatic heterocycles. The molecular weight excluding hydrogens is 172 g/mol. The molecule has 0 atom stereocenters. The maximum atomic E-state index is 4.43. The van der Waals surface area contributed by atoms with Gasteiger partial charge in [-0.2, -0.15) is 0 Å². The molecule has 2 heteroatoms. The van der Waals surface area contributed by atoms with Crippen molar-refractivity contribution in [3.8, 4) is 0 Å². The van der Waals surface area contributed by atoms with Gasteiger partial charge in [-0.3, -0.25) is 4.98 Å². The van der Waals surface area contributed by atoms with Gasteiger partial charge in [0.1, 0.15) is 0 Å². The lowest BCUT2D eigenvalue weighted by molar-refractivity contribution is 0.378. The molecule has 0 spiro atoms. The van der Waals surface area contributed by atoms with Crippen LogP contribution >= 0.6 is 0 Å². The largest absolute Gasteiger partial charge is 0.311 e. The molecule has 0 fully saturated rings. The molecule has 1 heterocycles. The number of hydrogen-bond donors (Lipinski definition) is 1. The van der Waals surface area contributed by atoms with Crippen LogP contribution < -0.4 is 5.32 Å². The summed E-state index contributed by atoms with van der Waals surface area (Å²) in [6.45, 7) is 10.6. The highest BCUT2D eigenvalue weighted by molar-refractivity contribution is 5.09. The molecule has 1 N–H and O–H groups in total. The summed E-state index contributed by atoms with van der Waals surface area (Å²) in [4.78, 5) is 4.43. The fourth-order valence-electron chi connectivity index (χ4n) is 1.26. The summed E-state index contributed by atoms with van der Waals surface area (Å²) in [6.07, 6.45) is 0. The Morgan fingerprint density at radius 3 is 2.57 bits per heavy atom. The molecule has 14 heavy (non-hydrogen) atoms. The van der Waals surface area contributed by atoms with Gasteiger partial charge in [-0.05, 0) is 24.5 Å². The highest BCUT2D eigenvalue weighted by atomic mass is 14.9. The molecule has 0 aliphatic carbocycles. The molecule has 0 saturated carbocycles. The molecule has 0 aromatic carbocycles. The Bertz CT molecular complexity index is 287. The number of nitrogens with zero attached hydrogens (tertiary/aromatic N) is 1. The Morgan fingerprint density at radius 1 is 1.29 bits per heavy atom. The minimum absolute atomic E-state index is 0.337. The first-order chi connectivity index (χ1) is 6.47. The first-order valence-corrected chi connectivity index (χ1v) is 5.11. The Hall–Kier alpha value is -0.890. The van der Waals surface area contributed by atoms with E-state index in [0.717, 1.165) is 24.5 Å². The van der Waals surface area contributed by atoms with Gasteiger partial charge < -0.3 is 5.32 Å². The highest BCUT2D eigenvalue weighted by Crippen LogP contribution is 2.10. The van der Waals surface area contributed by atoms with Gasteiger partial charge in [-0.1, -0.05) is 26.8 Å². The molecule has 78 valence electrons. The average molecular weight is 192 g/mol. The first-order valence-electron chi connectivity index (χ1n) is 5.11. The van der Waals surface area contributed by atoms with E-state index in [1.807, 2.05) is 13.0 Å². The van der Waals surface area contributed by atoms with Crippen molar-refractivity contribution in [3.63, 3.8) is 0 Å². The smallest absolute Gasteiger partial charge is 0.0544 e. The zero-order valence-corrected chi connectivity index (χ0v) is 9.59. The lowest BCUT2D eigenvalue weighted by Gasteiger charge is -2.18. The second kappa shape index (κ2) is 4.56. The van der Waals surface area contributed by atoms with Crippen LogP contribution in [0.1, 0.15) is 32.2 Å². The van der Waals surface area contributed by atoms with Gasteiger partial charge in [0, 0.05) is 18.8 Å². The average Bonchev–Trinajstić information content (AvgIpc) is 2.01. The van der Waals surface area contributed by atoms with E-state index in [2.05, 4.69) is 43.2 Å². The Kier molecular flexibility index (Phi) is 3.64. The lowest BCUT2D eigenvalue weighted by Crippen LogP contribution is -2.26. The molecule has 0 unspecified atom stereocenters. The number of rotatable bonds is 3. The lowest BCUT2D eigenvalue weighted by atomic mass is 9.97. The second-order valence-electron chi connectivity index (χ2n) is 4.93. The number of nitrogens with one attached hydrogen (secondary N) is 1. The van der Waals surface area contributed by atoms with Crippen molar-refractivity contribution in [3.05, 3.63) is 29.6 Å². The van der Waals surface area contributed by atoms with Crippen molar-refractivity contribution in [1.29, 1.82) is 0 Å². The SMILES string of the molecule is Cc1cccc(CNCC(C)(C)C)n1. The topological polar surface area (TPSA) is 24.9 Å². The van der Waals surface area contributed by atoms with Crippen LogP contribution in [0.15, 0.2) is 18.2 Å². The van der Waals surface area contributed by atoms with E-state index in [0.29, 0.717) is 5.41 Å². The molecule has 1 aromatic rings. The monoisotopic (exact) mass is 192 g/mol. The maximum absolute atomic E-state index is 4.43. The zero-order valence-electron chi connectivity index (χ0n) is 9.59.